The molecule has 130 valence electrons. The Kier molecular flexibility index (Phi) is 4.35. The Morgan fingerprint density at radius 1 is 1.00 bits per heavy atom. The maximum Gasteiger partial charge on any atom is 0.273 e. The van der Waals surface area contributed by atoms with E-state index in [2.05, 4.69) is 10.3 Å². The third-order valence-corrected chi connectivity index (χ3v) is 4.69. The molecule has 26 heavy (non-hydrogen) atoms. The second-order valence-electron chi connectivity index (χ2n) is 6.37. The van der Waals surface area contributed by atoms with Gasteiger partial charge in [0.2, 0.25) is 5.91 Å². The molecule has 0 unspecified atom stereocenters. The maximum atomic E-state index is 13.2. The number of carbonyl (C=O) groups excluding carboxylic acids is 2. The van der Waals surface area contributed by atoms with Crippen molar-refractivity contribution in [2.45, 2.75) is 12.5 Å². The van der Waals surface area contributed by atoms with Crippen LogP contribution in [0.5, 0.6) is 0 Å². The van der Waals surface area contributed by atoms with Crippen LogP contribution < -0.4 is 5.32 Å². The Morgan fingerprint density at radius 2 is 1.77 bits per heavy atom. The van der Waals surface area contributed by atoms with Crippen molar-refractivity contribution >= 4 is 22.7 Å². The van der Waals surface area contributed by atoms with Crippen LogP contribution in [0.3, 0.4) is 0 Å². The summed E-state index contributed by atoms with van der Waals surface area (Å²) in [4.78, 5) is 31.6. The van der Waals surface area contributed by atoms with E-state index in [1.54, 1.807) is 11.0 Å². The predicted octanol–water partition coefficient (Wildman–Crippen LogP) is 2.94. The van der Waals surface area contributed by atoms with E-state index in [-0.39, 0.29) is 24.3 Å². The van der Waals surface area contributed by atoms with Gasteiger partial charge in [-0.3, -0.25) is 9.59 Å². The normalized spacial score (nSPS) is 17.6. The number of hydrogen-bond acceptors (Lipinski definition) is 3. The number of aromatic nitrogens is 1. The monoisotopic (exact) mass is 345 g/mol. The minimum atomic E-state index is -0.292. The highest BCUT2D eigenvalue weighted by Gasteiger charge is 2.30. The summed E-state index contributed by atoms with van der Waals surface area (Å²) < 4.78 is 0. The Labute approximate surface area is 151 Å². The number of benzene rings is 2. The highest BCUT2D eigenvalue weighted by Crippen LogP contribution is 2.27. The zero-order valence-electron chi connectivity index (χ0n) is 14.3. The highest BCUT2D eigenvalue weighted by atomic mass is 16.2. The number of para-hydroxylation sites is 1. The molecule has 2 heterocycles. The summed E-state index contributed by atoms with van der Waals surface area (Å²) in [6.45, 7) is 0.903. The van der Waals surface area contributed by atoms with Gasteiger partial charge < -0.3 is 10.2 Å². The molecule has 1 aliphatic rings. The van der Waals surface area contributed by atoms with E-state index in [4.69, 9.17) is 0 Å². The van der Waals surface area contributed by atoms with Crippen molar-refractivity contribution < 1.29 is 9.59 Å². The molecular weight excluding hydrogens is 326 g/mol. The largest absolute Gasteiger partial charge is 0.354 e. The van der Waals surface area contributed by atoms with Crippen molar-refractivity contribution in [3.63, 3.8) is 0 Å². The standard InChI is InChI=1S/C21H19N3O2/c25-20-14-19(16-7-2-1-3-8-16)24(13-12-22-20)21(26)18-11-10-15-6-4-5-9-17(15)23-18/h1-11,19H,12-14H2,(H,22,25)/t19-/m1/s1. The summed E-state index contributed by atoms with van der Waals surface area (Å²) in [7, 11) is 0. The van der Waals surface area contributed by atoms with Gasteiger partial charge in [-0.25, -0.2) is 4.98 Å². The van der Waals surface area contributed by atoms with Gasteiger partial charge in [0.1, 0.15) is 5.69 Å². The fourth-order valence-electron chi connectivity index (χ4n) is 3.38. The molecule has 3 aromatic rings. The van der Waals surface area contributed by atoms with E-state index in [1.165, 1.54) is 0 Å². The number of nitrogens with zero attached hydrogens (tertiary/aromatic N) is 2. The van der Waals surface area contributed by atoms with E-state index in [0.717, 1.165) is 16.5 Å². The van der Waals surface area contributed by atoms with Gasteiger partial charge in [0.15, 0.2) is 0 Å². The van der Waals surface area contributed by atoms with Crippen LogP contribution in [0.2, 0.25) is 0 Å². The van der Waals surface area contributed by atoms with Crippen LogP contribution in [0.25, 0.3) is 10.9 Å². The lowest BCUT2D eigenvalue weighted by atomic mass is 10.0. The molecule has 0 bridgehead atoms. The topological polar surface area (TPSA) is 62.3 Å². The van der Waals surface area contributed by atoms with E-state index >= 15 is 0 Å². The molecule has 1 fully saturated rings. The third-order valence-electron chi connectivity index (χ3n) is 4.69. The van der Waals surface area contributed by atoms with E-state index < -0.39 is 0 Å². The van der Waals surface area contributed by atoms with Crippen LogP contribution in [0.15, 0.2) is 66.7 Å². The molecule has 1 atom stereocenters. The van der Waals surface area contributed by atoms with Crippen LogP contribution in [-0.4, -0.2) is 34.8 Å². The van der Waals surface area contributed by atoms with Crippen molar-refractivity contribution in [3.05, 3.63) is 78.0 Å². The summed E-state index contributed by atoms with van der Waals surface area (Å²) in [5.74, 6) is -0.193. The fourth-order valence-corrected chi connectivity index (χ4v) is 3.38. The number of rotatable bonds is 2. The van der Waals surface area contributed by atoms with Gasteiger partial charge in [-0.15, -0.1) is 0 Å². The van der Waals surface area contributed by atoms with Gasteiger partial charge in [-0.2, -0.15) is 0 Å². The molecule has 0 spiro atoms. The van der Waals surface area contributed by atoms with Gasteiger partial charge in [0.25, 0.3) is 5.91 Å². The molecule has 2 aromatic carbocycles. The predicted molar refractivity (Wildman–Crippen MR) is 99.6 cm³/mol. The molecule has 1 N–H and O–H groups in total. The van der Waals surface area contributed by atoms with Gasteiger partial charge in [-0.1, -0.05) is 54.6 Å². The van der Waals surface area contributed by atoms with Crippen LogP contribution >= 0.6 is 0 Å². The first-order chi connectivity index (χ1) is 12.7. The molecule has 5 nitrogen and oxygen atoms in total. The molecule has 0 radical (unpaired) electrons. The summed E-state index contributed by atoms with van der Waals surface area (Å²) in [6, 6.07) is 20.8. The summed E-state index contributed by atoms with van der Waals surface area (Å²) in [5, 5.41) is 3.85. The number of hydrogen-bond donors (Lipinski definition) is 1. The minimum Gasteiger partial charge on any atom is -0.354 e. The molecule has 2 amide bonds. The lowest BCUT2D eigenvalue weighted by Gasteiger charge is -2.29. The van der Waals surface area contributed by atoms with Crippen molar-refractivity contribution in [3.8, 4) is 0 Å². The number of amides is 2. The molecule has 1 aliphatic heterocycles. The lowest BCUT2D eigenvalue weighted by molar-refractivity contribution is -0.121. The number of pyridine rings is 1. The van der Waals surface area contributed by atoms with E-state index in [9.17, 15) is 9.59 Å². The lowest BCUT2D eigenvalue weighted by Crippen LogP contribution is -2.37. The number of fused-ring (bicyclic) bond motifs is 1. The van der Waals surface area contributed by atoms with Gasteiger partial charge in [0, 0.05) is 18.5 Å². The van der Waals surface area contributed by atoms with Crippen LogP contribution in [-0.2, 0) is 4.79 Å². The van der Waals surface area contributed by atoms with Gasteiger partial charge >= 0.3 is 0 Å². The Bertz CT molecular complexity index is 956. The first-order valence-corrected chi connectivity index (χ1v) is 8.71. The van der Waals surface area contributed by atoms with Crippen molar-refractivity contribution in [1.29, 1.82) is 0 Å². The van der Waals surface area contributed by atoms with Gasteiger partial charge in [-0.05, 0) is 17.7 Å². The zero-order chi connectivity index (χ0) is 17.9. The van der Waals surface area contributed by atoms with Crippen molar-refractivity contribution in [2.24, 2.45) is 0 Å². The maximum absolute atomic E-state index is 13.2. The highest BCUT2D eigenvalue weighted by molar-refractivity contribution is 5.95. The molecule has 5 heteroatoms. The quantitative estimate of drug-likeness (QED) is 0.777. The van der Waals surface area contributed by atoms with Crippen LogP contribution in [0, 0.1) is 0 Å². The number of nitrogens with one attached hydrogen (secondary N) is 1. The molecule has 1 aromatic heterocycles. The SMILES string of the molecule is O=C1C[C@H](c2ccccc2)N(C(=O)c2ccc3ccccc3n2)CCN1. The molecule has 0 aliphatic carbocycles. The van der Waals surface area contributed by atoms with E-state index in [1.807, 2.05) is 60.7 Å². The van der Waals surface area contributed by atoms with Gasteiger partial charge in [0.05, 0.1) is 18.0 Å². The third kappa shape index (κ3) is 3.16. The Hall–Kier alpha value is -3.21. The summed E-state index contributed by atoms with van der Waals surface area (Å²) >= 11 is 0. The Balaban J connectivity index is 1.71. The molecule has 4 rings (SSSR count). The second kappa shape index (κ2) is 6.96. The average Bonchev–Trinajstić information content (AvgIpc) is 2.89. The van der Waals surface area contributed by atoms with Crippen molar-refractivity contribution in [1.82, 2.24) is 15.2 Å². The first-order valence-electron chi connectivity index (χ1n) is 8.71. The van der Waals surface area contributed by atoms with Crippen LogP contribution in [0.4, 0.5) is 0 Å². The summed E-state index contributed by atoms with van der Waals surface area (Å²) in [5.41, 5.74) is 2.15. The second-order valence-corrected chi connectivity index (χ2v) is 6.37. The molecular formula is C21H19N3O2. The fraction of sp³-hybridized carbons (Fsp3) is 0.190. The zero-order valence-corrected chi connectivity index (χ0v) is 14.3. The average molecular weight is 345 g/mol. The molecule has 0 saturated carbocycles. The summed E-state index contributed by atoms with van der Waals surface area (Å²) in [6.07, 6.45) is 0.253. The number of carbonyl (C=O) groups is 2. The Morgan fingerprint density at radius 3 is 2.62 bits per heavy atom. The van der Waals surface area contributed by atoms with E-state index in [0.29, 0.717) is 18.8 Å². The molecule has 1 saturated heterocycles. The van der Waals surface area contributed by atoms with Crippen LogP contribution in [0.1, 0.15) is 28.5 Å². The van der Waals surface area contributed by atoms with Crippen molar-refractivity contribution in [2.75, 3.05) is 13.1 Å². The smallest absolute Gasteiger partial charge is 0.273 e. The minimum absolute atomic E-state index is 0.0411. The first kappa shape index (κ1) is 16.3.